The first-order valence-corrected chi connectivity index (χ1v) is 10.5. The summed E-state index contributed by atoms with van der Waals surface area (Å²) < 4.78 is 11.1. The van der Waals surface area contributed by atoms with Crippen LogP contribution in [0.5, 0.6) is 0 Å². The molecule has 0 spiro atoms. The number of benzene rings is 1. The Morgan fingerprint density at radius 1 is 1.24 bits per heavy atom. The van der Waals surface area contributed by atoms with Crippen molar-refractivity contribution in [2.75, 3.05) is 39.3 Å². The van der Waals surface area contributed by atoms with E-state index in [1.807, 2.05) is 39.0 Å². The summed E-state index contributed by atoms with van der Waals surface area (Å²) in [6.07, 6.45) is 0.685. The van der Waals surface area contributed by atoms with Gasteiger partial charge in [0.15, 0.2) is 5.96 Å². The van der Waals surface area contributed by atoms with Gasteiger partial charge in [-0.2, -0.15) is 0 Å². The number of carbonyl (C=O) groups is 1. The highest BCUT2D eigenvalue weighted by atomic mass is 16.6. The van der Waals surface area contributed by atoms with E-state index in [-0.39, 0.29) is 0 Å². The maximum atomic E-state index is 11.7. The van der Waals surface area contributed by atoms with Gasteiger partial charge in [0.05, 0.1) is 19.8 Å². The molecule has 2 N–H and O–H groups in total. The van der Waals surface area contributed by atoms with Crippen LogP contribution < -0.4 is 10.6 Å². The highest BCUT2D eigenvalue weighted by Gasteiger charge is 2.25. The molecule has 1 amide bonds. The number of ether oxygens (including phenoxy) is 2. The largest absolute Gasteiger partial charge is 0.444 e. The van der Waals surface area contributed by atoms with Crippen LogP contribution in [0.25, 0.3) is 0 Å². The van der Waals surface area contributed by atoms with E-state index in [1.165, 1.54) is 5.56 Å². The lowest BCUT2D eigenvalue weighted by Crippen LogP contribution is -2.41. The van der Waals surface area contributed by atoms with Gasteiger partial charge in [0, 0.05) is 32.1 Å². The average Bonchev–Trinajstić information content (AvgIpc) is 3.12. The second-order valence-corrected chi connectivity index (χ2v) is 8.27. The second-order valence-electron chi connectivity index (χ2n) is 8.27. The summed E-state index contributed by atoms with van der Waals surface area (Å²) in [6.45, 7) is 12.7. The molecule has 0 aromatic heterocycles. The van der Waals surface area contributed by atoms with Crippen molar-refractivity contribution in [1.29, 1.82) is 0 Å². The van der Waals surface area contributed by atoms with E-state index in [0.29, 0.717) is 25.6 Å². The number of hydrogen-bond acceptors (Lipinski definition) is 4. The SMILES string of the molecule is CCNC(=NCCNC(=O)OC(C)(C)C)N1CCC(COCc2ccccc2)C1. The fourth-order valence-electron chi connectivity index (χ4n) is 3.14. The van der Waals surface area contributed by atoms with Crippen molar-refractivity contribution in [2.45, 2.75) is 46.3 Å². The van der Waals surface area contributed by atoms with Crippen molar-refractivity contribution < 1.29 is 14.3 Å². The second kappa shape index (κ2) is 11.7. The van der Waals surface area contributed by atoms with Crippen LogP contribution in [0.1, 0.15) is 39.7 Å². The highest BCUT2D eigenvalue weighted by molar-refractivity contribution is 5.80. The van der Waals surface area contributed by atoms with Crippen molar-refractivity contribution in [3.05, 3.63) is 35.9 Å². The Hall–Kier alpha value is -2.28. The van der Waals surface area contributed by atoms with Crippen LogP contribution in [0.3, 0.4) is 0 Å². The summed E-state index contributed by atoms with van der Waals surface area (Å²) in [4.78, 5) is 18.6. The van der Waals surface area contributed by atoms with E-state index in [2.05, 4.69) is 39.6 Å². The molecule has 2 rings (SSSR count). The smallest absolute Gasteiger partial charge is 0.407 e. The molecule has 1 fully saturated rings. The molecule has 1 unspecified atom stereocenters. The molecule has 0 bridgehead atoms. The number of alkyl carbamates (subject to hydrolysis) is 1. The van der Waals surface area contributed by atoms with Gasteiger partial charge in [-0.3, -0.25) is 4.99 Å². The summed E-state index contributed by atoms with van der Waals surface area (Å²) in [5.41, 5.74) is 0.713. The molecule has 0 radical (unpaired) electrons. The first-order chi connectivity index (χ1) is 13.9. The maximum Gasteiger partial charge on any atom is 0.407 e. The Labute approximate surface area is 174 Å². The van der Waals surface area contributed by atoms with E-state index < -0.39 is 11.7 Å². The normalized spacial score (nSPS) is 17.3. The monoisotopic (exact) mass is 404 g/mol. The molecule has 1 aliphatic heterocycles. The lowest BCUT2D eigenvalue weighted by Gasteiger charge is -2.22. The highest BCUT2D eigenvalue weighted by Crippen LogP contribution is 2.17. The molecule has 1 aliphatic rings. The molecule has 0 saturated carbocycles. The standard InChI is InChI=1S/C22H36N4O3/c1-5-23-20(24-12-13-25-21(27)29-22(2,3)4)26-14-11-19(15-26)17-28-16-18-9-7-6-8-10-18/h6-10,19H,5,11-17H2,1-4H3,(H,23,24)(H,25,27). The van der Waals surface area contributed by atoms with Crippen LogP contribution in [0, 0.1) is 5.92 Å². The summed E-state index contributed by atoms with van der Waals surface area (Å²) >= 11 is 0. The van der Waals surface area contributed by atoms with Gasteiger partial charge in [-0.1, -0.05) is 30.3 Å². The predicted octanol–water partition coefficient (Wildman–Crippen LogP) is 3.02. The van der Waals surface area contributed by atoms with Crippen molar-refractivity contribution in [3.8, 4) is 0 Å². The third-order valence-corrected chi connectivity index (χ3v) is 4.43. The van der Waals surface area contributed by atoms with Crippen molar-refractivity contribution in [1.82, 2.24) is 15.5 Å². The summed E-state index contributed by atoms with van der Waals surface area (Å²) in [7, 11) is 0. The van der Waals surface area contributed by atoms with Crippen LogP contribution in [0.15, 0.2) is 35.3 Å². The van der Waals surface area contributed by atoms with Crippen LogP contribution >= 0.6 is 0 Å². The molecular formula is C22H36N4O3. The lowest BCUT2D eigenvalue weighted by molar-refractivity contribution is 0.0529. The number of amides is 1. The van der Waals surface area contributed by atoms with Crippen molar-refractivity contribution in [2.24, 2.45) is 10.9 Å². The van der Waals surface area contributed by atoms with E-state index in [0.717, 1.165) is 38.6 Å². The quantitative estimate of drug-likeness (QED) is 0.396. The number of rotatable bonds is 8. The summed E-state index contributed by atoms with van der Waals surface area (Å²) in [5, 5.41) is 6.09. The Morgan fingerprint density at radius 2 is 2.00 bits per heavy atom. The molecular weight excluding hydrogens is 368 g/mol. The molecule has 1 aromatic carbocycles. The molecule has 1 aromatic rings. The predicted molar refractivity (Wildman–Crippen MR) is 116 cm³/mol. The average molecular weight is 405 g/mol. The maximum absolute atomic E-state index is 11.7. The number of likely N-dealkylation sites (tertiary alicyclic amines) is 1. The first kappa shape index (κ1) is 23.0. The summed E-state index contributed by atoms with van der Waals surface area (Å²) in [5.74, 6) is 1.39. The Kier molecular flexibility index (Phi) is 9.25. The zero-order chi connectivity index (χ0) is 21.1. The number of guanidine groups is 1. The number of nitrogens with zero attached hydrogens (tertiary/aromatic N) is 2. The van der Waals surface area contributed by atoms with Gasteiger partial charge in [0.1, 0.15) is 5.60 Å². The van der Waals surface area contributed by atoms with Crippen LogP contribution in [0.2, 0.25) is 0 Å². The number of aliphatic imine (C=N–C) groups is 1. The zero-order valence-corrected chi connectivity index (χ0v) is 18.2. The first-order valence-electron chi connectivity index (χ1n) is 10.5. The van der Waals surface area contributed by atoms with Gasteiger partial charge in [-0.05, 0) is 39.7 Å². The molecule has 29 heavy (non-hydrogen) atoms. The third-order valence-electron chi connectivity index (χ3n) is 4.43. The number of carbonyl (C=O) groups excluding carboxylic acids is 1. The lowest BCUT2D eigenvalue weighted by atomic mass is 10.1. The Balaban J connectivity index is 1.72. The van der Waals surface area contributed by atoms with Gasteiger partial charge >= 0.3 is 6.09 Å². The fourth-order valence-corrected chi connectivity index (χ4v) is 3.14. The van der Waals surface area contributed by atoms with Gasteiger partial charge in [0.25, 0.3) is 0 Å². The minimum atomic E-state index is -0.491. The van der Waals surface area contributed by atoms with Crippen molar-refractivity contribution in [3.63, 3.8) is 0 Å². The number of nitrogens with one attached hydrogen (secondary N) is 2. The fraction of sp³-hybridized carbons (Fsp3) is 0.636. The summed E-state index contributed by atoms with van der Waals surface area (Å²) in [6, 6.07) is 10.3. The molecule has 1 heterocycles. The van der Waals surface area contributed by atoms with E-state index in [4.69, 9.17) is 9.47 Å². The number of hydrogen-bond donors (Lipinski definition) is 2. The molecule has 162 valence electrons. The van der Waals surface area contributed by atoms with E-state index >= 15 is 0 Å². The molecule has 7 heteroatoms. The zero-order valence-electron chi connectivity index (χ0n) is 18.2. The Bertz CT molecular complexity index is 643. The van der Waals surface area contributed by atoms with Gasteiger partial charge < -0.3 is 25.0 Å². The van der Waals surface area contributed by atoms with E-state index in [1.54, 1.807) is 0 Å². The minimum Gasteiger partial charge on any atom is -0.444 e. The minimum absolute atomic E-state index is 0.408. The van der Waals surface area contributed by atoms with Crippen LogP contribution in [-0.2, 0) is 16.1 Å². The molecule has 1 saturated heterocycles. The van der Waals surface area contributed by atoms with Gasteiger partial charge in [0.2, 0.25) is 0 Å². The van der Waals surface area contributed by atoms with Gasteiger partial charge in [-0.25, -0.2) is 4.79 Å². The third kappa shape index (κ3) is 9.17. The van der Waals surface area contributed by atoms with Crippen molar-refractivity contribution >= 4 is 12.1 Å². The Morgan fingerprint density at radius 3 is 2.69 bits per heavy atom. The van der Waals surface area contributed by atoms with Crippen LogP contribution in [-0.4, -0.2) is 61.9 Å². The topological polar surface area (TPSA) is 75.2 Å². The molecule has 1 atom stereocenters. The molecule has 7 nitrogen and oxygen atoms in total. The van der Waals surface area contributed by atoms with Crippen LogP contribution in [0.4, 0.5) is 4.79 Å². The molecule has 0 aliphatic carbocycles. The van der Waals surface area contributed by atoms with Gasteiger partial charge in [-0.15, -0.1) is 0 Å². The van der Waals surface area contributed by atoms with E-state index in [9.17, 15) is 4.79 Å².